The summed E-state index contributed by atoms with van der Waals surface area (Å²) in [6.07, 6.45) is 9.94. The van der Waals surface area contributed by atoms with Gasteiger partial charge in [-0.15, -0.1) is 0 Å². The molecule has 0 spiro atoms. The number of phenolic OH excluding ortho intramolecular Hbond substituents is 2. The van der Waals surface area contributed by atoms with Crippen molar-refractivity contribution in [1.29, 1.82) is 0 Å². The number of nitrogens with zero attached hydrogens (tertiary/aromatic N) is 2. The van der Waals surface area contributed by atoms with E-state index in [0.29, 0.717) is 25.2 Å². The Bertz CT molecular complexity index is 1060. The molecule has 1 aromatic carbocycles. The van der Waals surface area contributed by atoms with Gasteiger partial charge >= 0.3 is 5.97 Å². The van der Waals surface area contributed by atoms with Crippen molar-refractivity contribution in [1.82, 2.24) is 4.90 Å². The summed E-state index contributed by atoms with van der Waals surface area (Å²) in [4.78, 5) is 32.5. The van der Waals surface area contributed by atoms with Crippen LogP contribution in [0.15, 0.2) is 35.5 Å². The van der Waals surface area contributed by atoms with Gasteiger partial charge in [0.25, 0.3) is 5.91 Å². The number of fused-ring (bicyclic) bond motifs is 2. The van der Waals surface area contributed by atoms with E-state index < -0.39 is 17.8 Å². The standard InChI is InChI=1S/C25H29ClN2O7/c1-15-11-21-20(35-21)8-4-3-7-16(27-33-14-22(31)28-9-5-2-6-10-28)12-17-23(25(32)34-15)18(29)13-19(30)24(17)26/h3-4,7-8,13,15,20-21,29-30H,2,5-6,9-12,14H2,1H3/b7-3+,8-4+,27-16+/t15-,20-,21+/m1/s1. The summed E-state index contributed by atoms with van der Waals surface area (Å²) in [7, 11) is 0. The molecule has 0 aromatic heterocycles. The first-order valence-electron chi connectivity index (χ1n) is 11.7. The molecule has 9 nitrogen and oxygen atoms in total. The maximum absolute atomic E-state index is 13.0. The Morgan fingerprint density at radius 2 is 2.00 bits per heavy atom. The Hall–Kier alpha value is -3.04. The fraction of sp³-hybridized carbons (Fsp3) is 0.480. The lowest BCUT2D eigenvalue weighted by Gasteiger charge is -2.26. The van der Waals surface area contributed by atoms with Gasteiger partial charge in [-0.05, 0) is 37.8 Å². The number of benzene rings is 1. The monoisotopic (exact) mass is 504 g/mol. The van der Waals surface area contributed by atoms with Gasteiger partial charge in [-0.3, -0.25) is 4.79 Å². The molecule has 1 aromatic rings. The molecule has 2 saturated heterocycles. The first kappa shape index (κ1) is 25.1. The lowest BCUT2D eigenvalue weighted by atomic mass is 9.99. The molecule has 0 radical (unpaired) electrons. The van der Waals surface area contributed by atoms with Crippen LogP contribution in [-0.2, 0) is 25.5 Å². The molecule has 35 heavy (non-hydrogen) atoms. The minimum atomic E-state index is -0.777. The second-order valence-corrected chi connectivity index (χ2v) is 9.27. The van der Waals surface area contributed by atoms with E-state index in [1.807, 2.05) is 12.2 Å². The zero-order chi connectivity index (χ0) is 24.9. The number of hydrogen-bond acceptors (Lipinski definition) is 8. The molecule has 0 unspecified atom stereocenters. The average Bonchev–Trinajstić information content (AvgIpc) is 3.56. The number of rotatable bonds is 3. The minimum Gasteiger partial charge on any atom is -0.507 e. The van der Waals surface area contributed by atoms with E-state index in [4.69, 9.17) is 25.9 Å². The number of epoxide rings is 1. The van der Waals surface area contributed by atoms with Crippen molar-refractivity contribution in [2.24, 2.45) is 5.16 Å². The number of piperidine rings is 1. The summed E-state index contributed by atoms with van der Waals surface area (Å²) >= 11 is 6.33. The summed E-state index contributed by atoms with van der Waals surface area (Å²) in [6, 6.07) is 0.999. The molecule has 4 rings (SSSR count). The Labute approximate surface area is 208 Å². The van der Waals surface area contributed by atoms with Crippen LogP contribution in [0.25, 0.3) is 0 Å². The number of phenols is 2. The van der Waals surface area contributed by atoms with Gasteiger partial charge in [0.15, 0.2) is 6.61 Å². The maximum Gasteiger partial charge on any atom is 0.342 e. The maximum atomic E-state index is 13.0. The number of amides is 1. The molecular formula is C25H29ClN2O7. The lowest BCUT2D eigenvalue weighted by Crippen LogP contribution is -2.37. The molecule has 0 aliphatic carbocycles. The van der Waals surface area contributed by atoms with Gasteiger partial charge in [-0.25, -0.2) is 4.79 Å². The SMILES string of the molecule is C[C@@H]1C[C@@H]2O[C@@H]2/C=C/C=C/C(=N\OCC(=O)N2CCCCC2)Cc2c(Cl)c(O)cc(O)c2C(=O)O1. The van der Waals surface area contributed by atoms with Crippen molar-refractivity contribution in [2.45, 2.75) is 57.3 Å². The van der Waals surface area contributed by atoms with Crippen molar-refractivity contribution < 1.29 is 34.1 Å². The third kappa shape index (κ3) is 6.35. The number of esters is 1. The molecule has 1 amide bonds. The number of allylic oxidation sites excluding steroid dienone is 3. The smallest absolute Gasteiger partial charge is 0.342 e. The van der Waals surface area contributed by atoms with E-state index in [9.17, 15) is 19.8 Å². The number of aromatic hydroxyl groups is 2. The zero-order valence-electron chi connectivity index (χ0n) is 19.5. The molecule has 3 aliphatic heterocycles. The summed E-state index contributed by atoms with van der Waals surface area (Å²) < 4.78 is 11.1. The molecule has 0 saturated carbocycles. The molecule has 3 atom stereocenters. The van der Waals surface area contributed by atoms with Gasteiger partial charge in [0.2, 0.25) is 0 Å². The average molecular weight is 505 g/mol. The molecule has 3 heterocycles. The summed E-state index contributed by atoms with van der Waals surface area (Å²) in [5, 5.41) is 24.6. The van der Waals surface area contributed by atoms with Crippen molar-refractivity contribution in [3.8, 4) is 11.5 Å². The Kier molecular flexibility index (Phi) is 7.97. The van der Waals surface area contributed by atoms with Crippen LogP contribution in [0.3, 0.4) is 0 Å². The summed E-state index contributed by atoms with van der Waals surface area (Å²) in [6.45, 7) is 2.92. The summed E-state index contributed by atoms with van der Waals surface area (Å²) in [5.74, 6) is -1.78. The van der Waals surface area contributed by atoms with E-state index in [1.54, 1.807) is 24.0 Å². The van der Waals surface area contributed by atoms with Gasteiger partial charge in [-0.1, -0.05) is 35.0 Å². The third-order valence-corrected chi connectivity index (χ3v) is 6.58. The van der Waals surface area contributed by atoms with Crippen LogP contribution in [-0.4, -0.2) is 70.7 Å². The number of oxime groups is 1. The molecule has 3 aliphatic rings. The third-order valence-electron chi connectivity index (χ3n) is 6.16. The first-order valence-corrected chi connectivity index (χ1v) is 12.1. The van der Waals surface area contributed by atoms with Crippen LogP contribution in [0.5, 0.6) is 11.5 Å². The van der Waals surface area contributed by atoms with Crippen molar-refractivity contribution in [2.75, 3.05) is 19.7 Å². The number of carbonyl (C=O) groups excluding carboxylic acids is 2. The Balaban J connectivity index is 1.61. The fourth-order valence-electron chi connectivity index (χ4n) is 4.26. The second kappa shape index (κ2) is 11.1. The molecule has 188 valence electrons. The van der Waals surface area contributed by atoms with Crippen molar-refractivity contribution in [3.05, 3.63) is 46.5 Å². The minimum absolute atomic E-state index is 0.0651. The first-order chi connectivity index (χ1) is 16.8. The lowest BCUT2D eigenvalue weighted by molar-refractivity contribution is -0.137. The predicted molar refractivity (Wildman–Crippen MR) is 129 cm³/mol. The highest BCUT2D eigenvalue weighted by Crippen LogP contribution is 2.38. The van der Waals surface area contributed by atoms with E-state index in [0.717, 1.165) is 25.3 Å². The van der Waals surface area contributed by atoms with Crippen LogP contribution in [0.4, 0.5) is 0 Å². The van der Waals surface area contributed by atoms with Crippen molar-refractivity contribution >= 4 is 29.2 Å². The highest BCUT2D eigenvalue weighted by atomic mass is 35.5. The Morgan fingerprint density at radius 3 is 2.77 bits per heavy atom. The van der Waals surface area contributed by atoms with Crippen LogP contribution < -0.4 is 0 Å². The van der Waals surface area contributed by atoms with Crippen LogP contribution >= 0.6 is 11.6 Å². The van der Waals surface area contributed by atoms with Gasteiger partial charge < -0.3 is 29.4 Å². The molecule has 0 bridgehead atoms. The molecular weight excluding hydrogens is 476 g/mol. The number of halogens is 1. The molecule has 10 heteroatoms. The molecule has 2 N–H and O–H groups in total. The van der Waals surface area contributed by atoms with Gasteiger partial charge in [0.1, 0.15) is 29.3 Å². The fourth-order valence-corrected chi connectivity index (χ4v) is 4.47. The number of carbonyl (C=O) groups is 2. The van der Waals surface area contributed by atoms with E-state index in [2.05, 4.69) is 5.16 Å². The number of cyclic esters (lactones) is 1. The highest BCUT2D eigenvalue weighted by Gasteiger charge is 2.38. The number of ether oxygens (including phenoxy) is 2. The topological polar surface area (TPSA) is 121 Å². The van der Waals surface area contributed by atoms with Crippen molar-refractivity contribution in [3.63, 3.8) is 0 Å². The van der Waals surface area contributed by atoms with E-state index in [1.165, 1.54) is 0 Å². The van der Waals surface area contributed by atoms with Gasteiger partial charge in [0, 0.05) is 32.0 Å². The quantitative estimate of drug-likeness (QED) is 0.367. The second-order valence-electron chi connectivity index (χ2n) is 8.89. The van der Waals surface area contributed by atoms with Crippen LogP contribution in [0.2, 0.25) is 5.02 Å². The van der Waals surface area contributed by atoms with Gasteiger partial charge in [0.05, 0.1) is 16.8 Å². The Morgan fingerprint density at radius 1 is 1.23 bits per heavy atom. The predicted octanol–water partition coefficient (Wildman–Crippen LogP) is 3.51. The van der Waals surface area contributed by atoms with E-state index in [-0.39, 0.29) is 53.0 Å². The number of likely N-dealkylation sites (tertiary alicyclic amines) is 1. The zero-order valence-corrected chi connectivity index (χ0v) is 20.2. The molecule has 2 fully saturated rings. The van der Waals surface area contributed by atoms with Gasteiger partial charge in [-0.2, -0.15) is 0 Å². The number of hydrogen-bond donors (Lipinski definition) is 2. The summed E-state index contributed by atoms with van der Waals surface area (Å²) in [5.41, 5.74) is 0.295. The largest absolute Gasteiger partial charge is 0.507 e. The van der Waals surface area contributed by atoms with E-state index >= 15 is 0 Å². The highest BCUT2D eigenvalue weighted by molar-refractivity contribution is 6.33. The van der Waals surface area contributed by atoms with Crippen LogP contribution in [0, 0.1) is 0 Å². The normalized spacial score (nSPS) is 27.7. The van der Waals surface area contributed by atoms with Crippen LogP contribution in [0.1, 0.15) is 48.5 Å².